The van der Waals surface area contributed by atoms with E-state index < -0.39 is 0 Å². The summed E-state index contributed by atoms with van der Waals surface area (Å²) in [6.07, 6.45) is 0. The lowest BCUT2D eigenvalue weighted by Gasteiger charge is -2.10. The summed E-state index contributed by atoms with van der Waals surface area (Å²) in [7, 11) is 1.61. The number of nitrogens with zero attached hydrogens (tertiary/aromatic N) is 4. The molecular formula is C15H15N5O. The van der Waals surface area contributed by atoms with Crippen LogP contribution in [0.3, 0.4) is 0 Å². The van der Waals surface area contributed by atoms with Crippen molar-refractivity contribution >= 4 is 5.69 Å². The lowest BCUT2D eigenvalue weighted by molar-refractivity contribution is 0.416. The summed E-state index contributed by atoms with van der Waals surface area (Å²) in [6, 6.07) is 13.3. The van der Waals surface area contributed by atoms with Crippen LogP contribution in [0.15, 0.2) is 42.5 Å². The lowest BCUT2D eigenvalue weighted by Crippen LogP contribution is -2.02. The number of hydrogen-bond donors (Lipinski definition) is 1. The first-order chi connectivity index (χ1) is 10.2. The summed E-state index contributed by atoms with van der Waals surface area (Å²) in [5.74, 6) is 1.26. The number of ether oxygens (including phenoxy) is 1. The van der Waals surface area contributed by atoms with Gasteiger partial charge in [0.25, 0.3) is 0 Å². The second-order valence-corrected chi connectivity index (χ2v) is 4.71. The van der Waals surface area contributed by atoms with Crippen molar-refractivity contribution < 1.29 is 4.74 Å². The quantitative estimate of drug-likeness (QED) is 0.745. The minimum absolute atomic E-state index is 0.588. The second kappa shape index (κ2) is 5.24. The Morgan fingerprint density at radius 3 is 2.76 bits per heavy atom. The van der Waals surface area contributed by atoms with Gasteiger partial charge < -0.3 is 10.5 Å². The van der Waals surface area contributed by atoms with Gasteiger partial charge in [-0.25, -0.2) is 0 Å². The zero-order valence-electron chi connectivity index (χ0n) is 11.8. The maximum atomic E-state index is 5.87. The topological polar surface area (TPSA) is 78.8 Å². The molecule has 106 valence electrons. The summed E-state index contributed by atoms with van der Waals surface area (Å²) in [5.41, 5.74) is 9.27. The molecule has 1 heterocycles. The first-order valence-electron chi connectivity index (χ1n) is 6.48. The first-order valence-corrected chi connectivity index (χ1v) is 6.48. The molecule has 3 rings (SSSR count). The van der Waals surface area contributed by atoms with Crippen LogP contribution in [0.2, 0.25) is 0 Å². The number of aromatic nitrogens is 4. The minimum Gasteiger partial charge on any atom is -0.496 e. The van der Waals surface area contributed by atoms with Crippen molar-refractivity contribution in [3.05, 3.63) is 48.0 Å². The van der Waals surface area contributed by atoms with Gasteiger partial charge in [-0.15, -0.1) is 5.10 Å². The van der Waals surface area contributed by atoms with E-state index in [9.17, 15) is 0 Å². The average molecular weight is 281 g/mol. The fourth-order valence-corrected chi connectivity index (χ4v) is 2.19. The number of nitrogens with two attached hydrogens (primary N) is 1. The maximum Gasteiger partial charge on any atom is 0.190 e. The van der Waals surface area contributed by atoms with Crippen molar-refractivity contribution in [1.29, 1.82) is 0 Å². The SMILES string of the molecule is COc1ccc(N)cc1-c1nnnn1-c1cccc(C)c1. The molecule has 0 fully saturated rings. The predicted octanol–water partition coefficient (Wildman–Crippen LogP) is 2.23. The smallest absolute Gasteiger partial charge is 0.190 e. The van der Waals surface area contributed by atoms with Crippen molar-refractivity contribution in [2.45, 2.75) is 6.92 Å². The van der Waals surface area contributed by atoms with E-state index in [-0.39, 0.29) is 0 Å². The zero-order valence-corrected chi connectivity index (χ0v) is 11.8. The highest BCUT2D eigenvalue weighted by molar-refractivity contribution is 5.70. The third-order valence-corrected chi connectivity index (χ3v) is 3.18. The maximum absolute atomic E-state index is 5.87. The predicted molar refractivity (Wildman–Crippen MR) is 80.3 cm³/mol. The number of tetrazole rings is 1. The average Bonchev–Trinajstić information content (AvgIpc) is 2.96. The Hall–Kier alpha value is -2.89. The molecule has 0 amide bonds. The van der Waals surface area contributed by atoms with Crippen LogP contribution in [0, 0.1) is 6.92 Å². The highest BCUT2D eigenvalue weighted by Gasteiger charge is 2.15. The van der Waals surface area contributed by atoms with Gasteiger partial charge in [0.1, 0.15) is 5.75 Å². The largest absolute Gasteiger partial charge is 0.496 e. The van der Waals surface area contributed by atoms with E-state index in [2.05, 4.69) is 15.5 Å². The summed E-state index contributed by atoms with van der Waals surface area (Å²) in [6.45, 7) is 2.02. The first kappa shape index (κ1) is 13.1. The van der Waals surface area contributed by atoms with Crippen LogP contribution in [0.4, 0.5) is 5.69 Å². The molecule has 6 heteroatoms. The van der Waals surface area contributed by atoms with Crippen molar-refractivity contribution in [3.63, 3.8) is 0 Å². The Bertz CT molecular complexity index is 781. The van der Waals surface area contributed by atoms with Gasteiger partial charge in [0.15, 0.2) is 5.82 Å². The van der Waals surface area contributed by atoms with E-state index in [4.69, 9.17) is 10.5 Å². The van der Waals surface area contributed by atoms with Crippen molar-refractivity contribution in [2.24, 2.45) is 0 Å². The molecule has 0 radical (unpaired) electrons. The van der Waals surface area contributed by atoms with E-state index in [0.717, 1.165) is 16.8 Å². The molecule has 3 aromatic rings. The number of rotatable bonds is 3. The number of anilines is 1. The van der Waals surface area contributed by atoms with Gasteiger partial charge in [0.05, 0.1) is 18.4 Å². The number of methoxy groups -OCH3 is 1. The van der Waals surface area contributed by atoms with E-state index in [0.29, 0.717) is 17.3 Å². The van der Waals surface area contributed by atoms with Crippen molar-refractivity contribution in [1.82, 2.24) is 20.2 Å². The molecule has 0 aliphatic heterocycles. The van der Waals surface area contributed by atoms with Crippen molar-refractivity contribution in [2.75, 3.05) is 12.8 Å². The van der Waals surface area contributed by atoms with Gasteiger partial charge in [-0.3, -0.25) is 0 Å². The van der Waals surface area contributed by atoms with E-state index in [1.54, 1.807) is 30.0 Å². The molecule has 2 aromatic carbocycles. The number of hydrogen-bond acceptors (Lipinski definition) is 5. The van der Waals surface area contributed by atoms with E-state index in [1.165, 1.54) is 0 Å². The van der Waals surface area contributed by atoms with Crippen LogP contribution in [0.25, 0.3) is 17.1 Å². The Kier molecular flexibility index (Phi) is 3.27. The summed E-state index contributed by atoms with van der Waals surface area (Å²) < 4.78 is 7.05. The number of benzene rings is 2. The third kappa shape index (κ3) is 2.43. The van der Waals surface area contributed by atoms with Gasteiger partial charge in [-0.1, -0.05) is 12.1 Å². The third-order valence-electron chi connectivity index (χ3n) is 3.18. The highest BCUT2D eigenvalue weighted by Crippen LogP contribution is 2.31. The monoisotopic (exact) mass is 281 g/mol. The molecule has 1 aromatic heterocycles. The van der Waals surface area contributed by atoms with Gasteiger partial charge in [-0.2, -0.15) is 4.68 Å². The molecule has 0 spiro atoms. The number of nitrogen functional groups attached to an aromatic ring is 1. The number of aryl methyl sites for hydroxylation is 1. The normalized spacial score (nSPS) is 10.6. The molecule has 21 heavy (non-hydrogen) atoms. The highest BCUT2D eigenvalue weighted by atomic mass is 16.5. The standard InChI is InChI=1S/C15H15N5O/c1-10-4-3-5-12(8-10)20-15(17-18-19-20)13-9-11(16)6-7-14(13)21-2/h3-9H,16H2,1-2H3. The Balaban J connectivity index is 2.18. The summed E-state index contributed by atoms with van der Waals surface area (Å²) in [5, 5.41) is 12.0. The molecule has 6 nitrogen and oxygen atoms in total. The lowest BCUT2D eigenvalue weighted by atomic mass is 10.1. The molecule has 0 atom stereocenters. The van der Waals surface area contributed by atoms with Gasteiger partial charge in [0, 0.05) is 5.69 Å². The molecule has 0 bridgehead atoms. The zero-order chi connectivity index (χ0) is 14.8. The van der Waals surface area contributed by atoms with Crippen molar-refractivity contribution in [3.8, 4) is 22.8 Å². The molecule has 0 saturated heterocycles. The summed E-state index contributed by atoms with van der Waals surface area (Å²) >= 11 is 0. The molecule has 0 unspecified atom stereocenters. The fraction of sp³-hybridized carbons (Fsp3) is 0.133. The minimum atomic E-state index is 0.588. The van der Waals surface area contributed by atoms with Crippen LogP contribution in [0.5, 0.6) is 5.75 Å². The Labute approximate surface area is 122 Å². The second-order valence-electron chi connectivity index (χ2n) is 4.71. The molecule has 0 aliphatic rings. The fourth-order valence-electron chi connectivity index (χ4n) is 2.19. The Morgan fingerprint density at radius 2 is 2.00 bits per heavy atom. The van der Waals surface area contributed by atoms with E-state index in [1.807, 2.05) is 31.2 Å². The van der Waals surface area contributed by atoms with Gasteiger partial charge in [0.2, 0.25) is 0 Å². The summed E-state index contributed by atoms with van der Waals surface area (Å²) in [4.78, 5) is 0. The van der Waals surface area contributed by atoms with Crippen LogP contribution in [-0.2, 0) is 0 Å². The van der Waals surface area contributed by atoms with E-state index >= 15 is 0 Å². The molecule has 0 aliphatic carbocycles. The molecular weight excluding hydrogens is 266 g/mol. The van der Waals surface area contributed by atoms with Crippen LogP contribution in [0.1, 0.15) is 5.56 Å². The van der Waals surface area contributed by atoms with Crippen LogP contribution >= 0.6 is 0 Å². The van der Waals surface area contributed by atoms with Gasteiger partial charge >= 0.3 is 0 Å². The van der Waals surface area contributed by atoms with Gasteiger partial charge in [-0.05, 0) is 53.2 Å². The van der Waals surface area contributed by atoms with Crippen LogP contribution in [-0.4, -0.2) is 27.3 Å². The Morgan fingerprint density at radius 1 is 1.14 bits per heavy atom. The molecule has 2 N–H and O–H groups in total. The molecule has 0 saturated carbocycles. The van der Waals surface area contributed by atoms with Crippen LogP contribution < -0.4 is 10.5 Å².